The molecule has 1 fully saturated rings. The number of nitrogens with two attached hydrogens (primary N) is 1. The predicted molar refractivity (Wildman–Crippen MR) is 66.1 cm³/mol. The Morgan fingerprint density at radius 1 is 1.29 bits per heavy atom. The molecule has 2 aromatic heterocycles. The van der Waals surface area contributed by atoms with E-state index in [-0.39, 0.29) is 0 Å². The molecule has 0 unspecified atom stereocenters. The number of fused-ring (bicyclic) bond motifs is 1. The van der Waals surface area contributed by atoms with Crippen molar-refractivity contribution in [3.8, 4) is 0 Å². The molecule has 90 valence electrons. The molecule has 0 atom stereocenters. The van der Waals surface area contributed by atoms with E-state index in [9.17, 15) is 0 Å². The van der Waals surface area contributed by atoms with Crippen LogP contribution in [0, 0.1) is 0 Å². The Labute approximate surface area is 99.8 Å². The summed E-state index contributed by atoms with van der Waals surface area (Å²) in [4.78, 5) is 6.91. The first-order valence-electron chi connectivity index (χ1n) is 5.89. The summed E-state index contributed by atoms with van der Waals surface area (Å²) >= 11 is 0. The van der Waals surface area contributed by atoms with Gasteiger partial charge in [0.25, 0.3) is 0 Å². The Morgan fingerprint density at radius 2 is 2.12 bits per heavy atom. The smallest absolute Gasteiger partial charge is 0.152 e. The highest BCUT2D eigenvalue weighted by molar-refractivity contribution is 5.56. The zero-order valence-electron chi connectivity index (χ0n) is 9.67. The van der Waals surface area contributed by atoms with E-state index < -0.39 is 0 Å². The highest BCUT2D eigenvalue weighted by atomic mass is 16.5. The van der Waals surface area contributed by atoms with Crippen LogP contribution in [0.25, 0.3) is 5.65 Å². The Kier molecular flexibility index (Phi) is 2.70. The zero-order chi connectivity index (χ0) is 11.7. The fraction of sp³-hybridized carbons (Fsp3) is 0.417. The molecule has 0 amide bonds. The third-order valence-corrected chi connectivity index (χ3v) is 3.11. The Balaban J connectivity index is 2.08. The van der Waals surface area contributed by atoms with Crippen molar-refractivity contribution in [3.05, 3.63) is 30.1 Å². The first kappa shape index (κ1) is 10.6. The highest BCUT2D eigenvalue weighted by Crippen LogP contribution is 2.22. The topological polar surface area (TPSA) is 55.8 Å². The van der Waals surface area contributed by atoms with Gasteiger partial charge in [0.2, 0.25) is 0 Å². The third kappa shape index (κ3) is 1.77. The Morgan fingerprint density at radius 3 is 2.88 bits per heavy atom. The first-order chi connectivity index (χ1) is 8.40. The molecule has 0 aliphatic carbocycles. The average molecular weight is 232 g/mol. The van der Waals surface area contributed by atoms with Crippen molar-refractivity contribution in [2.45, 2.75) is 6.54 Å². The number of imidazole rings is 1. The summed E-state index contributed by atoms with van der Waals surface area (Å²) < 4.78 is 7.42. The van der Waals surface area contributed by atoms with E-state index in [4.69, 9.17) is 10.5 Å². The van der Waals surface area contributed by atoms with Crippen LogP contribution in [0.1, 0.15) is 5.69 Å². The Bertz CT molecular complexity index is 516. The summed E-state index contributed by atoms with van der Waals surface area (Å²) in [5.74, 6) is 1.00. The first-order valence-corrected chi connectivity index (χ1v) is 5.89. The van der Waals surface area contributed by atoms with E-state index in [2.05, 4.69) is 14.3 Å². The standard InChI is InChI=1S/C12H16N4O/c13-9-10-12(15-5-7-17-8-6-15)14-11-3-1-2-4-16(10)11/h1-4H,5-9,13H2. The molecule has 0 bridgehead atoms. The van der Waals surface area contributed by atoms with Crippen LogP contribution in [0.4, 0.5) is 5.82 Å². The van der Waals surface area contributed by atoms with Gasteiger partial charge >= 0.3 is 0 Å². The van der Waals surface area contributed by atoms with Crippen LogP contribution in [-0.4, -0.2) is 35.7 Å². The molecular weight excluding hydrogens is 216 g/mol. The second-order valence-electron chi connectivity index (χ2n) is 4.11. The summed E-state index contributed by atoms with van der Waals surface area (Å²) in [6, 6.07) is 5.99. The molecule has 0 spiro atoms. The van der Waals surface area contributed by atoms with Crippen LogP contribution in [0.15, 0.2) is 24.4 Å². The summed E-state index contributed by atoms with van der Waals surface area (Å²) in [6.45, 7) is 3.79. The van der Waals surface area contributed by atoms with Gasteiger partial charge in [0.05, 0.1) is 18.9 Å². The number of aromatic nitrogens is 2. The molecule has 0 aromatic carbocycles. The van der Waals surface area contributed by atoms with Crippen LogP contribution in [0.5, 0.6) is 0 Å². The number of ether oxygens (including phenoxy) is 1. The molecule has 2 N–H and O–H groups in total. The van der Waals surface area contributed by atoms with Crippen molar-refractivity contribution in [1.82, 2.24) is 9.38 Å². The third-order valence-electron chi connectivity index (χ3n) is 3.11. The molecule has 17 heavy (non-hydrogen) atoms. The van der Waals surface area contributed by atoms with Gasteiger partial charge in [-0.15, -0.1) is 0 Å². The van der Waals surface area contributed by atoms with Crippen molar-refractivity contribution in [1.29, 1.82) is 0 Å². The number of rotatable bonds is 2. The minimum Gasteiger partial charge on any atom is -0.378 e. The average Bonchev–Trinajstić information content (AvgIpc) is 2.78. The molecule has 3 heterocycles. The predicted octanol–water partition coefficient (Wildman–Crippen LogP) is 0.630. The van der Waals surface area contributed by atoms with E-state index in [1.54, 1.807) is 0 Å². The fourth-order valence-corrected chi connectivity index (χ4v) is 2.25. The fourth-order valence-electron chi connectivity index (χ4n) is 2.25. The van der Waals surface area contributed by atoms with E-state index in [1.807, 2.05) is 24.4 Å². The van der Waals surface area contributed by atoms with Gasteiger partial charge in [0.15, 0.2) is 5.82 Å². The number of hydrogen-bond donors (Lipinski definition) is 1. The lowest BCUT2D eigenvalue weighted by Crippen LogP contribution is -2.37. The van der Waals surface area contributed by atoms with Gasteiger partial charge in [0, 0.05) is 25.8 Å². The van der Waals surface area contributed by atoms with Gasteiger partial charge in [-0.2, -0.15) is 0 Å². The molecule has 2 aromatic rings. The van der Waals surface area contributed by atoms with Gasteiger partial charge in [-0.05, 0) is 12.1 Å². The number of anilines is 1. The SMILES string of the molecule is NCc1c(N2CCOCC2)nc2ccccn12. The van der Waals surface area contributed by atoms with Crippen molar-refractivity contribution in [2.75, 3.05) is 31.2 Å². The molecule has 5 heteroatoms. The highest BCUT2D eigenvalue weighted by Gasteiger charge is 2.19. The van der Waals surface area contributed by atoms with E-state index in [0.29, 0.717) is 6.54 Å². The second kappa shape index (κ2) is 4.35. The lowest BCUT2D eigenvalue weighted by Gasteiger charge is -2.27. The van der Waals surface area contributed by atoms with E-state index in [0.717, 1.165) is 43.5 Å². The van der Waals surface area contributed by atoms with Crippen molar-refractivity contribution < 1.29 is 4.74 Å². The van der Waals surface area contributed by atoms with Crippen LogP contribution < -0.4 is 10.6 Å². The monoisotopic (exact) mass is 232 g/mol. The maximum absolute atomic E-state index is 5.85. The second-order valence-corrected chi connectivity index (χ2v) is 4.11. The molecule has 1 saturated heterocycles. The normalized spacial score (nSPS) is 16.6. The van der Waals surface area contributed by atoms with Crippen LogP contribution in [0.3, 0.4) is 0 Å². The van der Waals surface area contributed by atoms with Crippen LogP contribution in [0.2, 0.25) is 0 Å². The molecule has 0 radical (unpaired) electrons. The molecule has 1 aliphatic rings. The summed E-state index contributed by atoms with van der Waals surface area (Å²) in [5.41, 5.74) is 7.87. The van der Waals surface area contributed by atoms with E-state index >= 15 is 0 Å². The van der Waals surface area contributed by atoms with Gasteiger partial charge in [-0.25, -0.2) is 4.98 Å². The maximum atomic E-state index is 5.85. The minimum absolute atomic E-state index is 0.498. The van der Waals surface area contributed by atoms with Crippen molar-refractivity contribution in [3.63, 3.8) is 0 Å². The molecule has 0 saturated carbocycles. The lowest BCUT2D eigenvalue weighted by molar-refractivity contribution is 0.122. The van der Waals surface area contributed by atoms with E-state index in [1.165, 1.54) is 0 Å². The molecule has 5 nitrogen and oxygen atoms in total. The van der Waals surface area contributed by atoms with Gasteiger partial charge in [0.1, 0.15) is 5.65 Å². The van der Waals surface area contributed by atoms with Crippen LogP contribution in [-0.2, 0) is 11.3 Å². The number of morpholine rings is 1. The molecule has 3 rings (SSSR count). The number of hydrogen-bond acceptors (Lipinski definition) is 4. The van der Waals surface area contributed by atoms with Crippen molar-refractivity contribution >= 4 is 11.5 Å². The zero-order valence-corrected chi connectivity index (χ0v) is 9.67. The van der Waals surface area contributed by atoms with Gasteiger partial charge in [-0.3, -0.25) is 0 Å². The van der Waals surface area contributed by atoms with Gasteiger partial charge < -0.3 is 19.8 Å². The summed E-state index contributed by atoms with van der Waals surface area (Å²) in [6.07, 6.45) is 2.01. The summed E-state index contributed by atoms with van der Waals surface area (Å²) in [7, 11) is 0. The van der Waals surface area contributed by atoms with Crippen molar-refractivity contribution in [2.24, 2.45) is 5.73 Å². The largest absolute Gasteiger partial charge is 0.378 e. The molecule has 1 aliphatic heterocycles. The lowest BCUT2D eigenvalue weighted by atomic mass is 10.3. The number of pyridine rings is 1. The minimum atomic E-state index is 0.498. The van der Waals surface area contributed by atoms with Gasteiger partial charge in [-0.1, -0.05) is 6.07 Å². The quantitative estimate of drug-likeness (QED) is 0.825. The summed E-state index contributed by atoms with van der Waals surface area (Å²) in [5, 5.41) is 0. The Hall–Kier alpha value is -1.59. The molecular formula is C12H16N4O. The number of nitrogens with zero attached hydrogens (tertiary/aromatic N) is 3. The van der Waals surface area contributed by atoms with Crippen LogP contribution >= 0.6 is 0 Å². The maximum Gasteiger partial charge on any atom is 0.152 e.